The lowest BCUT2D eigenvalue weighted by molar-refractivity contribution is -0.125. The van der Waals surface area contributed by atoms with Crippen LogP contribution in [0.2, 0.25) is 0 Å². The standard InChI is InChI=1S/C19H24N4O/c24-19(22-9-8-18-20-10-11-21-18)15-13-17(14-5-2-1-3-6-14)23-12-4-7-16(15)23/h1-3,5-6,10-11,15-17H,4,7-9,12-13H2,(H,20,21)(H,22,24)/t15-,16+,17-/m1/s1. The van der Waals surface area contributed by atoms with Gasteiger partial charge >= 0.3 is 0 Å². The number of amides is 1. The summed E-state index contributed by atoms with van der Waals surface area (Å²) in [6.07, 6.45) is 7.58. The van der Waals surface area contributed by atoms with E-state index in [-0.39, 0.29) is 11.8 Å². The van der Waals surface area contributed by atoms with E-state index in [1.165, 1.54) is 12.0 Å². The molecule has 1 aromatic carbocycles. The van der Waals surface area contributed by atoms with Gasteiger partial charge in [-0.25, -0.2) is 4.98 Å². The zero-order valence-electron chi connectivity index (χ0n) is 13.8. The van der Waals surface area contributed by atoms with Crippen molar-refractivity contribution in [1.29, 1.82) is 0 Å². The number of imidazole rings is 1. The minimum Gasteiger partial charge on any atom is -0.355 e. The molecule has 0 bridgehead atoms. The maximum Gasteiger partial charge on any atom is 0.224 e. The van der Waals surface area contributed by atoms with E-state index in [9.17, 15) is 4.79 Å². The topological polar surface area (TPSA) is 61.0 Å². The summed E-state index contributed by atoms with van der Waals surface area (Å²) in [4.78, 5) is 22.5. The van der Waals surface area contributed by atoms with Crippen LogP contribution < -0.4 is 5.32 Å². The van der Waals surface area contributed by atoms with Crippen LogP contribution in [-0.2, 0) is 11.2 Å². The first kappa shape index (κ1) is 15.4. The van der Waals surface area contributed by atoms with Crippen molar-refractivity contribution in [3.8, 4) is 0 Å². The number of rotatable bonds is 5. The normalized spacial score (nSPS) is 26.4. The Morgan fingerprint density at radius 3 is 3.00 bits per heavy atom. The third-order valence-electron chi connectivity index (χ3n) is 5.42. The smallest absolute Gasteiger partial charge is 0.224 e. The molecule has 2 aliphatic rings. The lowest BCUT2D eigenvalue weighted by Gasteiger charge is -2.24. The number of nitrogens with zero attached hydrogens (tertiary/aromatic N) is 2. The summed E-state index contributed by atoms with van der Waals surface area (Å²) in [6, 6.07) is 11.4. The van der Waals surface area contributed by atoms with Gasteiger partial charge in [0.2, 0.25) is 5.91 Å². The molecule has 3 heterocycles. The van der Waals surface area contributed by atoms with E-state index in [1.807, 2.05) is 6.20 Å². The highest BCUT2D eigenvalue weighted by atomic mass is 16.2. The van der Waals surface area contributed by atoms with Gasteiger partial charge in [-0.15, -0.1) is 0 Å². The molecule has 2 N–H and O–H groups in total. The molecule has 2 aromatic rings. The molecular weight excluding hydrogens is 300 g/mol. The molecule has 5 heteroatoms. The highest BCUT2D eigenvalue weighted by Gasteiger charge is 2.46. The quantitative estimate of drug-likeness (QED) is 0.887. The van der Waals surface area contributed by atoms with Gasteiger partial charge in [-0.05, 0) is 31.4 Å². The molecule has 24 heavy (non-hydrogen) atoms. The molecule has 3 atom stereocenters. The van der Waals surface area contributed by atoms with Crippen molar-refractivity contribution in [2.24, 2.45) is 5.92 Å². The second kappa shape index (κ2) is 6.77. The molecule has 1 aromatic heterocycles. The molecule has 4 rings (SSSR count). The Morgan fingerprint density at radius 1 is 1.33 bits per heavy atom. The second-order valence-corrected chi connectivity index (χ2v) is 6.79. The summed E-state index contributed by atoms with van der Waals surface area (Å²) < 4.78 is 0. The van der Waals surface area contributed by atoms with E-state index < -0.39 is 0 Å². The van der Waals surface area contributed by atoms with Crippen LogP contribution in [0, 0.1) is 5.92 Å². The summed E-state index contributed by atoms with van der Waals surface area (Å²) >= 11 is 0. The molecule has 2 saturated heterocycles. The third-order valence-corrected chi connectivity index (χ3v) is 5.42. The molecule has 2 aliphatic heterocycles. The highest BCUT2D eigenvalue weighted by Crippen LogP contribution is 2.44. The zero-order valence-corrected chi connectivity index (χ0v) is 13.8. The minimum absolute atomic E-state index is 0.106. The van der Waals surface area contributed by atoms with E-state index in [4.69, 9.17) is 0 Å². The molecule has 0 unspecified atom stereocenters. The van der Waals surface area contributed by atoms with Gasteiger partial charge in [0.1, 0.15) is 5.82 Å². The molecule has 0 spiro atoms. The maximum absolute atomic E-state index is 12.7. The van der Waals surface area contributed by atoms with Crippen molar-refractivity contribution in [3.63, 3.8) is 0 Å². The number of benzene rings is 1. The Hall–Kier alpha value is -2.14. The number of hydrogen-bond acceptors (Lipinski definition) is 3. The maximum atomic E-state index is 12.7. The van der Waals surface area contributed by atoms with E-state index >= 15 is 0 Å². The average Bonchev–Trinajstić information content (AvgIpc) is 3.33. The summed E-state index contributed by atoms with van der Waals surface area (Å²) in [7, 11) is 0. The zero-order chi connectivity index (χ0) is 16.4. The van der Waals surface area contributed by atoms with Crippen LogP contribution in [0.25, 0.3) is 0 Å². The monoisotopic (exact) mass is 324 g/mol. The SMILES string of the molecule is O=C(NCCc1ncc[nH]1)[C@@H]1C[C@H](c2ccccc2)N2CCC[C@@H]12. The summed E-state index contributed by atoms with van der Waals surface area (Å²) in [5.74, 6) is 1.23. The van der Waals surface area contributed by atoms with Crippen molar-refractivity contribution in [2.75, 3.05) is 13.1 Å². The van der Waals surface area contributed by atoms with Gasteiger partial charge in [0.25, 0.3) is 0 Å². The lowest BCUT2D eigenvalue weighted by atomic mass is 9.93. The Kier molecular flexibility index (Phi) is 4.34. The first-order valence-corrected chi connectivity index (χ1v) is 8.89. The van der Waals surface area contributed by atoms with E-state index in [2.05, 4.69) is 50.5 Å². The number of carbonyl (C=O) groups is 1. The number of hydrogen-bond donors (Lipinski definition) is 2. The fraction of sp³-hybridized carbons (Fsp3) is 0.474. The fourth-order valence-electron chi connectivity index (χ4n) is 4.32. The van der Waals surface area contributed by atoms with Crippen molar-refractivity contribution in [1.82, 2.24) is 20.2 Å². The van der Waals surface area contributed by atoms with Crippen LogP contribution in [0.3, 0.4) is 0 Å². The average molecular weight is 324 g/mol. The molecule has 0 saturated carbocycles. The van der Waals surface area contributed by atoms with Crippen molar-refractivity contribution in [2.45, 2.75) is 37.8 Å². The van der Waals surface area contributed by atoms with Crippen LogP contribution in [-0.4, -0.2) is 39.9 Å². The Morgan fingerprint density at radius 2 is 2.21 bits per heavy atom. The fourth-order valence-corrected chi connectivity index (χ4v) is 4.32. The van der Waals surface area contributed by atoms with Crippen LogP contribution >= 0.6 is 0 Å². The van der Waals surface area contributed by atoms with Crippen LogP contribution in [0.4, 0.5) is 0 Å². The molecule has 0 radical (unpaired) electrons. The van der Waals surface area contributed by atoms with E-state index in [0.717, 1.165) is 31.6 Å². The number of aromatic amines is 1. The first-order chi connectivity index (χ1) is 11.8. The third kappa shape index (κ3) is 2.96. The summed E-state index contributed by atoms with van der Waals surface area (Å²) in [5, 5.41) is 3.12. The lowest BCUT2D eigenvalue weighted by Crippen LogP contribution is -2.38. The first-order valence-electron chi connectivity index (χ1n) is 8.89. The predicted molar refractivity (Wildman–Crippen MR) is 92.3 cm³/mol. The number of nitrogens with one attached hydrogen (secondary N) is 2. The van der Waals surface area contributed by atoms with Gasteiger partial charge in [-0.3, -0.25) is 9.69 Å². The molecule has 126 valence electrons. The van der Waals surface area contributed by atoms with Crippen LogP contribution in [0.15, 0.2) is 42.7 Å². The van der Waals surface area contributed by atoms with Gasteiger partial charge < -0.3 is 10.3 Å². The van der Waals surface area contributed by atoms with Crippen molar-refractivity contribution in [3.05, 3.63) is 54.1 Å². The second-order valence-electron chi connectivity index (χ2n) is 6.79. The summed E-state index contributed by atoms with van der Waals surface area (Å²) in [5.41, 5.74) is 1.34. The molecule has 1 amide bonds. The van der Waals surface area contributed by atoms with Gasteiger partial charge in [-0.1, -0.05) is 30.3 Å². The van der Waals surface area contributed by atoms with Gasteiger partial charge in [0.05, 0.1) is 5.92 Å². The largest absolute Gasteiger partial charge is 0.355 e. The molecule has 5 nitrogen and oxygen atoms in total. The summed E-state index contributed by atoms with van der Waals surface area (Å²) in [6.45, 7) is 1.76. The number of H-pyrrole nitrogens is 1. The Bertz CT molecular complexity index is 670. The number of carbonyl (C=O) groups excluding carboxylic acids is 1. The van der Waals surface area contributed by atoms with E-state index in [1.54, 1.807) is 6.20 Å². The van der Waals surface area contributed by atoms with Crippen LogP contribution in [0.1, 0.15) is 36.7 Å². The predicted octanol–water partition coefficient (Wildman–Crippen LogP) is 2.29. The molecular formula is C19H24N4O. The molecule has 0 aliphatic carbocycles. The van der Waals surface area contributed by atoms with Gasteiger partial charge in [0, 0.05) is 37.4 Å². The van der Waals surface area contributed by atoms with Gasteiger partial charge in [-0.2, -0.15) is 0 Å². The Labute approximate surface area is 142 Å². The molecule has 2 fully saturated rings. The van der Waals surface area contributed by atoms with E-state index in [0.29, 0.717) is 18.6 Å². The number of fused-ring (bicyclic) bond motifs is 1. The van der Waals surface area contributed by atoms with Crippen molar-refractivity contribution >= 4 is 5.91 Å². The Balaban J connectivity index is 1.40. The van der Waals surface area contributed by atoms with Gasteiger partial charge in [0.15, 0.2) is 0 Å². The number of aromatic nitrogens is 2. The van der Waals surface area contributed by atoms with Crippen LogP contribution in [0.5, 0.6) is 0 Å². The minimum atomic E-state index is 0.106. The highest BCUT2D eigenvalue weighted by molar-refractivity contribution is 5.80. The van der Waals surface area contributed by atoms with Crippen molar-refractivity contribution < 1.29 is 4.79 Å².